The number of pyridine rings is 1. The number of carbonyl (C=O) groups excluding carboxylic acids is 3. The van der Waals surface area contributed by atoms with E-state index in [2.05, 4.69) is 31.2 Å². The minimum atomic E-state index is -0.667. The van der Waals surface area contributed by atoms with E-state index < -0.39 is 17.6 Å². The summed E-state index contributed by atoms with van der Waals surface area (Å²) in [6.07, 6.45) is 4.67. The monoisotopic (exact) mass is 646 g/mol. The van der Waals surface area contributed by atoms with E-state index in [9.17, 15) is 14.4 Å². The summed E-state index contributed by atoms with van der Waals surface area (Å²) in [7, 11) is 1.59. The van der Waals surface area contributed by atoms with Gasteiger partial charge in [-0.25, -0.2) is 9.59 Å². The van der Waals surface area contributed by atoms with Crippen molar-refractivity contribution in [3.8, 4) is 5.75 Å². The Labute approximate surface area is 276 Å². The SMILES string of the molecule is COc1ccc(NC(=O)NC(CCCCCN2CCOCC2)c2ccc(C(=O)Nc3ccccc3NC(=O)OC(C)(C)C)nc2)cc1. The zero-order valence-electron chi connectivity index (χ0n) is 27.6. The van der Waals surface area contributed by atoms with Gasteiger partial charge in [-0.1, -0.05) is 31.0 Å². The van der Waals surface area contributed by atoms with E-state index in [0.29, 0.717) is 29.2 Å². The summed E-state index contributed by atoms with van der Waals surface area (Å²) in [6.45, 7) is 9.85. The van der Waals surface area contributed by atoms with Crippen molar-refractivity contribution in [2.45, 2.75) is 58.1 Å². The molecular formula is C35H46N6O6. The third kappa shape index (κ3) is 11.9. The number of unbranched alkanes of at least 4 members (excludes halogenated alkanes) is 2. The summed E-state index contributed by atoms with van der Waals surface area (Å²) in [5.74, 6) is 0.253. The predicted octanol–water partition coefficient (Wildman–Crippen LogP) is 6.44. The minimum absolute atomic E-state index is 0.188. The number of nitrogens with one attached hydrogen (secondary N) is 4. The van der Waals surface area contributed by atoms with E-state index in [1.54, 1.807) is 94.7 Å². The molecule has 47 heavy (non-hydrogen) atoms. The van der Waals surface area contributed by atoms with E-state index in [-0.39, 0.29) is 17.8 Å². The van der Waals surface area contributed by atoms with Crippen molar-refractivity contribution in [3.05, 3.63) is 78.1 Å². The molecule has 4 N–H and O–H groups in total. The van der Waals surface area contributed by atoms with Gasteiger partial charge in [-0.05, 0) is 88.2 Å². The molecule has 4 amide bonds. The fraction of sp³-hybridized carbons (Fsp3) is 0.429. The summed E-state index contributed by atoms with van der Waals surface area (Å²) in [5, 5.41) is 11.5. The number of urea groups is 1. The number of amides is 4. The first-order valence-electron chi connectivity index (χ1n) is 16.0. The number of hydrogen-bond donors (Lipinski definition) is 4. The number of carbonyl (C=O) groups is 3. The van der Waals surface area contributed by atoms with E-state index >= 15 is 0 Å². The predicted molar refractivity (Wildman–Crippen MR) is 182 cm³/mol. The quantitative estimate of drug-likeness (QED) is 0.155. The average Bonchev–Trinajstić information content (AvgIpc) is 3.05. The molecule has 252 valence electrons. The summed E-state index contributed by atoms with van der Waals surface area (Å²) in [4.78, 5) is 45.3. The van der Waals surface area contributed by atoms with Gasteiger partial charge in [0.1, 0.15) is 17.0 Å². The lowest BCUT2D eigenvalue weighted by atomic mass is 10.0. The van der Waals surface area contributed by atoms with Crippen LogP contribution in [0.25, 0.3) is 0 Å². The molecule has 1 saturated heterocycles. The highest BCUT2D eigenvalue weighted by Gasteiger charge is 2.20. The summed E-state index contributed by atoms with van der Waals surface area (Å²) in [5.41, 5.74) is 1.74. The Kier molecular flexibility index (Phi) is 12.9. The highest BCUT2D eigenvalue weighted by Crippen LogP contribution is 2.24. The van der Waals surface area contributed by atoms with Crippen molar-refractivity contribution >= 4 is 35.1 Å². The normalized spacial score (nSPS) is 14.0. The molecule has 12 nitrogen and oxygen atoms in total. The van der Waals surface area contributed by atoms with Crippen LogP contribution in [0.3, 0.4) is 0 Å². The van der Waals surface area contributed by atoms with Gasteiger partial charge in [-0.2, -0.15) is 0 Å². The van der Waals surface area contributed by atoms with E-state index in [4.69, 9.17) is 14.2 Å². The molecule has 2 heterocycles. The average molecular weight is 647 g/mol. The minimum Gasteiger partial charge on any atom is -0.497 e. The molecule has 1 aromatic heterocycles. The maximum atomic E-state index is 13.1. The first-order chi connectivity index (χ1) is 22.6. The molecule has 1 aliphatic heterocycles. The first-order valence-corrected chi connectivity index (χ1v) is 16.0. The molecule has 3 aromatic rings. The van der Waals surface area contributed by atoms with Gasteiger partial charge in [0, 0.05) is 25.0 Å². The molecule has 0 spiro atoms. The van der Waals surface area contributed by atoms with Crippen LogP contribution in [0.4, 0.5) is 26.7 Å². The zero-order chi connectivity index (χ0) is 33.6. The maximum absolute atomic E-state index is 13.1. The molecule has 12 heteroatoms. The number of aromatic nitrogens is 1. The number of para-hydroxylation sites is 2. The first kappa shape index (κ1) is 35.2. The number of hydrogen-bond acceptors (Lipinski definition) is 8. The van der Waals surface area contributed by atoms with Crippen LogP contribution in [0, 0.1) is 0 Å². The molecule has 0 bridgehead atoms. The molecule has 0 aliphatic carbocycles. The van der Waals surface area contributed by atoms with Gasteiger partial charge in [0.25, 0.3) is 5.91 Å². The Morgan fingerprint density at radius 3 is 2.23 bits per heavy atom. The number of benzene rings is 2. The van der Waals surface area contributed by atoms with Crippen molar-refractivity contribution in [1.29, 1.82) is 0 Å². The Bertz CT molecular complexity index is 1450. The highest BCUT2D eigenvalue weighted by atomic mass is 16.6. The van der Waals surface area contributed by atoms with Crippen molar-refractivity contribution < 1.29 is 28.6 Å². The van der Waals surface area contributed by atoms with E-state index in [1.165, 1.54) is 0 Å². The van der Waals surface area contributed by atoms with Crippen LogP contribution in [-0.2, 0) is 9.47 Å². The number of nitrogens with zero attached hydrogens (tertiary/aromatic N) is 2. The van der Waals surface area contributed by atoms with Gasteiger partial charge in [-0.15, -0.1) is 0 Å². The van der Waals surface area contributed by atoms with Gasteiger partial charge in [0.2, 0.25) is 0 Å². The number of ether oxygens (including phenoxy) is 3. The smallest absolute Gasteiger partial charge is 0.412 e. The van der Waals surface area contributed by atoms with Crippen LogP contribution in [0.15, 0.2) is 66.9 Å². The largest absolute Gasteiger partial charge is 0.497 e. The molecule has 1 aliphatic rings. The zero-order valence-corrected chi connectivity index (χ0v) is 27.6. The van der Waals surface area contributed by atoms with Gasteiger partial charge in [0.05, 0.1) is 37.7 Å². The molecule has 4 rings (SSSR count). The van der Waals surface area contributed by atoms with Crippen molar-refractivity contribution in [2.75, 3.05) is 55.9 Å². The topological polar surface area (TPSA) is 143 Å². The second-order valence-corrected chi connectivity index (χ2v) is 12.3. The van der Waals surface area contributed by atoms with E-state index in [1.807, 2.05) is 0 Å². The van der Waals surface area contributed by atoms with Crippen LogP contribution >= 0.6 is 0 Å². The highest BCUT2D eigenvalue weighted by molar-refractivity contribution is 6.05. The van der Waals surface area contributed by atoms with Crippen LogP contribution < -0.4 is 26.0 Å². The number of morpholine rings is 1. The summed E-state index contributed by atoms with van der Waals surface area (Å²) in [6, 6.07) is 16.7. The second kappa shape index (κ2) is 17.3. The van der Waals surface area contributed by atoms with Crippen LogP contribution in [-0.4, -0.2) is 73.5 Å². The van der Waals surface area contributed by atoms with Gasteiger partial charge in [0.15, 0.2) is 0 Å². The lowest BCUT2D eigenvalue weighted by Crippen LogP contribution is -2.36. The van der Waals surface area contributed by atoms with Crippen molar-refractivity contribution in [2.24, 2.45) is 0 Å². The second-order valence-electron chi connectivity index (χ2n) is 12.3. The Balaban J connectivity index is 1.39. The molecule has 1 unspecified atom stereocenters. The Morgan fingerprint density at radius 1 is 0.894 bits per heavy atom. The molecule has 0 saturated carbocycles. The third-order valence-corrected chi connectivity index (χ3v) is 7.46. The van der Waals surface area contributed by atoms with Crippen LogP contribution in [0.5, 0.6) is 5.75 Å². The lowest BCUT2D eigenvalue weighted by molar-refractivity contribution is 0.0371. The van der Waals surface area contributed by atoms with E-state index in [0.717, 1.165) is 57.7 Å². The molecule has 0 radical (unpaired) electrons. The molecule has 1 fully saturated rings. The Hall–Kier alpha value is -4.68. The van der Waals surface area contributed by atoms with Crippen molar-refractivity contribution in [1.82, 2.24) is 15.2 Å². The third-order valence-electron chi connectivity index (χ3n) is 7.46. The van der Waals surface area contributed by atoms with Gasteiger partial charge in [-0.3, -0.25) is 20.0 Å². The van der Waals surface area contributed by atoms with Crippen molar-refractivity contribution in [3.63, 3.8) is 0 Å². The maximum Gasteiger partial charge on any atom is 0.412 e. The fourth-order valence-corrected chi connectivity index (χ4v) is 5.05. The van der Waals surface area contributed by atoms with Crippen LogP contribution in [0.2, 0.25) is 0 Å². The van der Waals surface area contributed by atoms with Crippen LogP contribution in [0.1, 0.15) is 68.5 Å². The Morgan fingerprint density at radius 2 is 1.60 bits per heavy atom. The number of rotatable bonds is 13. The van der Waals surface area contributed by atoms with Gasteiger partial charge >= 0.3 is 12.1 Å². The number of methoxy groups -OCH3 is 1. The summed E-state index contributed by atoms with van der Waals surface area (Å²) >= 11 is 0. The number of anilines is 3. The fourth-order valence-electron chi connectivity index (χ4n) is 5.05. The molecule has 2 aromatic carbocycles. The molecular weight excluding hydrogens is 600 g/mol. The lowest BCUT2D eigenvalue weighted by Gasteiger charge is -2.26. The van der Waals surface area contributed by atoms with Gasteiger partial charge < -0.3 is 30.2 Å². The summed E-state index contributed by atoms with van der Waals surface area (Å²) < 4.78 is 16.0. The standard InChI is InChI=1S/C35H46N6O6/c1-35(2,3)47-34(44)40-30-12-8-7-11-29(30)38-32(42)31-18-13-25(24-36-31)28(10-6-5-9-19-41-20-22-46-23-21-41)39-33(43)37-26-14-16-27(45-4)17-15-26/h7-8,11-18,24,28H,5-6,9-10,19-23H2,1-4H3,(H,38,42)(H,40,44)(H2,37,39,43). The molecule has 1 atom stereocenters.